The number of carbonyl (C=O) groups excluding carboxylic acids is 1. The summed E-state index contributed by atoms with van der Waals surface area (Å²) < 4.78 is 5.27. The lowest BCUT2D eigenvalue weighted by Gasteiger charge is -2.06. The molecule has 1 rings (SSSR count). The van der Waals surface area contributed by atoms with Gasteiger partial charge in [-0.05, 0) is 24.6 Å². The minimum absolute atomic E-state index is 0.0172. The lowest BCUT2D eigenvalue weighted by Crippen LogP contribution is -2.27. The predicted molar refractivity (Wildman–Crippen MR) is 70.3 cm³/mol. The normalized spacial score (nSPS) is 10.1. The van der Waals surface area contributed by atoms with Gasteiger partial charge in [0.2, 0.25) is 0 Å². The van der Waals surface area contributed by atoms with Crippen LogP contribution in [0.1, 0.15) is 22.8 Å². The highest BCUT2D eigenvalue weighted by atomic mass is 16.5. The van der Waals surface area contributed by atoms with Crippen LogP contribution in [0.5, 0.6) is 0 Å². The molecule has 1 aromatic rings. The number of hydrogen-bond donors (Lipinski definition) is 2. The fourth-order valence-electron chi connectivity index (χ4n) is 1.35. The van der Waals surface area contributed by atoms with Crippen LogP contribution in [0.15, 0.2) is 36.4 Å². The maximum Gasteiger partial charge on any atom is 0.251 e. The predicted octanol–water partition coefficient (Wildman–Crippen LogP) is 1.50. The molecule has 0 fully saturated rings. The summed E-state index contributed by atoms with van der Waals surface area (Å²) in [6.45, 7) is 7.04. The molecule has 0 bridgehead atoms. The molecule has 18 heavy (non-hydrogen) atoms. The summed E-state index contributed by atoms with van der Waals surface area (Å²) in [4.78, 5) is 11.7. The van der Waals surface area contributed by atoms with Gasteiger partial charge in [-0.3, -0.25) is 4.79 Å². The molecule has 0 spiro atoms. The van der Waals surface area contributed by atoms with Gasteiger partial charge >= 0.3 is 0 Å². The lowest BCUT2D eigenvalue weighted by atomic mass is 10.1. The van der Waals surface area contributed by atoms with Gasteiger partial charge in [0.05, 0.1) is 19.8 Å². The third-order valence-electron chi connectivity index (χ3n) is 2.28. The monoisotopic (exact) mass is 249 g/mol. The molecule has 1 amide bonds. The molecule has 0 aliphatic rings. The first-order valence-electron chi connectivity index (χ1n) is 5.83. The van der Waals surface area contributed by atoms with Crippen LogP contribution in [-0.2, 0) is 11.3 Å². The van der Waals surface area contributed by atoms with E-state index in [1.54, 1.807) is 24.3 Å². The van der Waals surface area contributed by atoms with Gasteiger partial charge in [-0.1, -0.05) is 24.3 Å². The standard InChI is InChI=1S/C14H19NO3/c1-11(2)10-18-8-7-15-14(17)13-5-3-12(9-16)4-6-13/h3-6,16H,1,7-10H2,2H3,(H,15,17). The van der Waals surface area contributed by atoms with Gasteiger partial charge in [0.25, 0.3) is 5.91 Å². The van der Waals surface area contributed by atoms with Gasteiger partial charge in [-0.25, -0.2) is 0 Å². The van der Waals surface area contributed by atoms with E-state index in [0.29, 0.717) is 25.3 Å². The first-order valence-corrected chi connectivity index (χ1v) is 5.83. The SMILES string of the molecule is C=C(C)COCCNC(=O)c1ccc(CO)cc1. The smallest absolute Gasteiger partial charge is 0.251 e. The Kier molecular flexibility index (Phi) is 6.11. The zero-order chi connectivity index (χ0) is 13.4. The fraction of sp³-hybridized carbons (Fsp3) is 0.357. The summed E-state index contributed by atoms with van der Waals surface area (Å²) >= 11 is 0. The highest BCUT2D eigenvalue weighted by Gasteiger charge is 2.04. The van der Waals surface area contributed by atoms with Crippen molar-refractivity contribution in [3.63, 3.8) is 0 Å². The maximum atomic E-state index is 11.7. The Hall–Kier alpha value is -1.65. The Bertz CT molecular complexity index is 398. The van der Waals surface area contributed by atoms with Crippen molar-refractivity contribution in [1.29, 1.82) is 0 Å². The van der Waals surface area contributed by atoms with E-state index in [1.165, 1.54) is 0 Å². The van der Waals surface area contributed by atoms with Gasteiger partial charge in [0, 0.05) is 12.1 Å². The van der Waals surface area contributed by atoms with Crippen molar-refractivity contribution >= 4 is 5.91 Å². The Morgan fingerprint density at radius 1 is 1.39 bits per heavy atom. The fourth-order valence-corrected chi connectivity index (χ4v) is 1.35. The van der Waals surface area contributed by atoms with E-state index in [4.69, 9.17) is 9.84 Å². The highest BCUT2D eigenvalue weighted by Crippen LogP contribution is 2.03. The summed E-state index contributed by atoms with van der Waals surface area (Å²) in [5.41, 5.74) is 2.32. The molecule has 0 heterocycles. The second kappa shape index (κ2) is 7.63. The average molecular weight is 249 g/mol. The van der Waals surface area contributed by atoms with Gasteiger partial charge < -0.3 is 15.2 Å². The second-order valence-corrected chi connectivity index (χ2v) is 4.12. The first kappa shape index (κ1) is 14.4. The van der Waals surface area contributed by atoms with E-state index in [2.05, 4.69) is 11.9 Å². The van der Waals surface area contributed by atoms with Crippen molar-refractivity contribution < 1.29 is 14.6 Å². The van der Waals surface area contributed by atoms with Gasteiger partial charge in [-0.2, -0.15) is 0 Å². The van der Waals surface area contributed by atoms with Gasteiger partial charge in [0.15, 0.2) is 0 Å². The average Bonchev–Trinajstić information content (AvgIpc) is 2.38. The minimum atomic E-state index is -0.140. The molecular weight excluding hydrogens is 230 g/mol. The van der Waals surface area contributed by atoms with Crippen LogP contribution >= 0.6 is 0 Å². The molecule has 4 heteroatoms. The second-order valence-electron chi connectivity index (χ2n) is 4.12. The van der Waals surface area contributed by atoms with Crippen molar-refractivity contribution in [3.8, 4) is 0 Å². The van der Waals surface area contributed by atoms with Crippen LogP contribution in [0, 0.1) is 0 Å². The van der Waals surface area contributed by atoms with Crippen molar-refractivity contribution in [3.05, 3.63) is 47.5 Å². The van der Waals surface area contributed by atoms with Crippen LogP contribution in [0.3, 0.4) is 0 Å². The number of carbonyl (C=O) groups is 1. The Balaban J connectivity index is 2.29. The molecule has 0 aromatic heterocycles. The van der Waals surface area contributed by atoms with Crippen LogP contribution in [0.25, 0.3) is 0 Å². The maximum absolute atomic E-state index is 11.7. The van der Waals surface area contributed by atoms with E-state index < -0.39 is 0 Å². The number of aliphatic hydroxyl groups is 1. The van der Waals surface area contributed by atoms with E-state index in [1.807, 2.05) is 6.92 Å². The minimum Gasteiger partial charge on any atom is -0.392 e. The summed E-state index contributed by atoms with van der Waals surface area (Å²) in [5, 5.41) is 11.6. The molecule has 98 valence electrons. The van der Waals surface area contributed by atoms with E-state index in [-0.39, 0.29) is 12.5 Å². The van der Waals surface area contributed by atoms with Crippen LogP contribution in [0.4, 0.5) is 0 Å². The first-order chi connectivity index (χ1) is 8.63. The van der Waals surface area contributed by atoms with Gasteiger partial charge in [-0.15, -0.1) is 0 Å². The third kappa shape index (κ3) is 5.12. The molecule has 2 N–H and O–H groups in total. The lowest BCUT2D eigenvalue weighted by molar-refractivity contribution is 0.0926. The number of hydrogen-bond acceptors (Lipinski definition) is 3. The Morgan fingerprint density at radius 3 is 2.61 bits per heavy atom. The molecule has 0 aliphatic heterocycles. The number of benzene rings is 1. The Labute approximate surface area is 107 Å². The summed E-state index contributed by atoms with van der Waals surface area (Å²) in [6.07, 6.45) is 0. The molecule has 0 saturated heterocycles. The van der Waals surface area contributed by atoms with E-state index >= 15 is 0 Å². The highest BCUT2D eigenvalue weighted by molar-refractivity contribution is 5.94. The molecule has 1 aromatic carbocycles. The number of amides is 1. The zero-order valence-electron chi connectivity index (χ0n) is 10.6. The summed E-state index contributed by atoms with van der Waals surface area (Å²) in [7, 11) is 0. The molecule has 4 nitrogen and oxygen atoms in total. The Morgan fingerprint density at radius 2 is 2.06 bits per heavy atom. The van der Waals surface area contributed by atoms with Gasteiger partial charge in [0.1, 0.15) is 0 Å². The molecule has 0 aliphatic carbocycles. The van der Waals surface area contributed by atoms with Crippen molar-refractivity contribution in [1.82, 2.24) is 5.32 Å². The number of rotatable bonds is 7. The van der Waals surface area contributed by atoms with Crippen LogP contribution in [-0.4, -0.2) is 30.8 Å². The number of aliphatic hydroxyl groups excluding tert-OH is 1. The third-order valence-corrected chi connectivity index (χ3v) is 2.28. The summed E-state index contributed by atoms with van der Waals surface area (Å²) in [5.74, 6) is -0.140. The molecule has 0 radical (unpaired) electrons. The molecular formula is C14H19NO3. The molecule has 0 unspecified atom stereocenters. The number of nitrogens with one attached hydrogen (secondary N) is 1. The topological polar surface area (TPSA) is 58.6 Å². The van der Waals surface area contributed by atoms with E-state index in [9.17, 15) is 4.79 Å². The van der Waals surface area contributed by atoms with Crippen LogP contribution < -0.4 is 5.32 Å². The summed E-state index contributed by atoms with van der Waals surface area (Å²) in [6, 6.07) is 6.84. The van der Waals surface area contributed by atoms with Crippen molar-refractivity contribution in [2.45, 2.75) is 13.5 Å². The quantitative estimate of drug-likeness (QED) is 0.568. The molecule has 0 saturated carbocycles. The molecule has 0 atom stereocenters. The van der Waals surface area contributed by atoms with Crippen molar-refractivity contribution in [2.24, 2.45) is 0 Å². The van der Waals surface area contributed by atoms with Crippen molar-refractivity contribution in [2.75, 3.05) is 19.8 Å². The largest absolute Gasteiger partial charge is 0.392 e. The van der Waals surface area contributed by atoms with Crippen LogP contribution in [0.2, 0.25) is 0 Å². The zero-order valence-corrected chi connectivity index (χ0v) is 10.6. The number of ether oxygens (including phenoxy) is 1. The van der Waals surface area contributed by atoms with E-state index in [0.717, 1.165) is 11.1 Å².